The van der Waals surface area contributed by atoms with Crippen LogP contribution in [0.25, 0.3) is 0 Å². The van der Waals surface area contributed by atoms with Crippen LogP contribution in [0.3, 0.4) is 0 Å². The second-order valence-corrected chi connectivity index (χ2v) is 6.57. The molecule has 0 aliphatic heterocycles. The maximum Gasteiger partial charge on any atom is 0.0169 e. The van der Waals surface area contributed by atoms with Gasteiger partial charge in [-0.15, -0.1) is 0 Å². The average Bonchev–Trinajstić information content (AvgIpc) is 2.13. The second-order valence-electron chi connectivity index (χ2n) is 6.57. The summed E-state index contributed by atoms with van der Waals surface area (Å²) in [4.78, 5) is 0. The molecular formula is C14H29N. The SMILES string of the molecule is CCNC(C(C)(C)C)C1(C)CCCCC1. The first kappa shape index (κ1) is 13.0. The predicted octanol–water partition coefficient (Wildman–Crippen LogP) is 3.98. The molecule has 1 aliphatic carbocycles. The van der Waals surface area contributed by atoms with E-state index in [9.17, 15) is 0 Å². The maximum absolute atomic E-state index is 3.73. The molecule has 1 N–H and O–H groups in total. The summed E-state index contributed by atoms with van der Waals surface area (Å²) < 4.78 is 0. The molecule has 0 amide bonds. The van der Waals surface area contributed by atoms with Crippen LogP contribution in [-0.4, -0.2) is 12.6 Å². The van der Waals surface area contributed by atoms with Crippen LogP contribution in [0.4, 0.5) is 0 Å². The number of hydrogen-bond acceptors (Lipinski definition) is 1. The molecule has 0 bridgehead atoms. The quantitative estimate of drug-likeness (QED) is 0.744. The summed E-state index contributed by atoms with van der Waals surface area (Å²) in [5.41, 5.74) is 0.897. The molecule has 1 fully saturated rings. The molecule has 0 aromatic heterocycles. The van der Waals surface area contributed by atoms with Crippen molar-refractivity contribution < 1.29 is 0 Å². The smallest absolute Gasteiger partial charge is 0.0169 e. The van der Waals surface area contributed by atoms with Gasteiger partial charge in [0.05, 0.1) is 0 Å². The van der Waals surface area contributed by atoms with Crippen molar-refractivity contribution in [3.63, 3.8) is 0 Å². The van der Waals surface area contributed by atoms with Gasteiger partial charge < -0.3 is 5.32 Å². The van der Waals surface area contributed by atoms with Crippen molar-refractivity contribution in [2.45, 2.75) is 72.8 Å². The van der Waals surface area contributed by atoms with Gasteiger partial charge >= 0.3 is 0 Å². The average molecular weight is 211 g/mol. The molecule has 0 saturated heterocycles. The molecule has 0 spiro atoms. The first-order chi connectivity index (χ1) is 6.90. The number of hydrogen-bond donors (Lipinski definition) is 1. The molecule has 1 atom stereocenters. The Hall–Kier alpha value is -0.0400. The summed E-state index contributed by atoms with van der Waals surface area (Å²) in [6.07, 6.45) is 7.10. The van der Waals surface area contributed by atoms with E-state index in [2.05, 4.69) is 39.9 Å². The third-order valence-electron chi connectivity index (χ3n) is 3.97. The Morgan fingerprint density at radius 2 is 1.67 bits per heavy atom. The van der Waals surface area contributed by atoms with E-state index in [0.29, 0.717) is 16.9 Å². The minimum absolute atomic E-state index is 0.377. The fourth-order valence-corrected chi connectivity index (χ4v) is 3.45. The predicted molar refractivity (Wildman–Crippen MR) is 68.1 cm³/mol. The lowest BCUT2D eigenvalue weighted by molar-refractivity contribution is 0.0708. The molecule has 90 valence electrons. The highest BCUT2D eigenvalue weighted by molar-refractivity contribution is 4.96. The van der Waals surface area contributed by atoms with Crippen LogP contribution in [0.5, 0.6) is 0 Å². The Labute approximate surface area is 96.0 Å². The van der Waals surface area contributed by atoms with Gasteiger partial charge in [0, 0.05) is 6.04 Å². The lowest BCUT2D eigenvalue weighted by atomic mass is 9.63. The van der Waals surface area contributed by atoms with Gasteiger partial charge in [0.15, 0.2) is 0 Å². The molecule has 15 heavy (non-hydrogen) atoms. The lowest BCUT2D eigenvalue weighted by Gasteiger charge is -2.47. The van der Waals surface area contributed by atoms with Gasteiger partial charge in [0.1, 0.15) is 0 Å². The van der Waals surface area contributed by atoms with Gasteiger partial charge in [-0.1, -0.05) is 53.9 Å². The first-order valence-corrected chi connectivity index (χ1v) is 6.63. The standard InChI is InChI=1S/C14H29N/c1-6-15-12(13(2,3)4)14(5)10-8-7-9-11-14/h12,15H,6-11H2,1-5H3. The van der Waals surface area contributed by atoms with Gasteiger partial charge in [0.25, 0.3) is 0 Å². The molecule has 1 heteroatoms. The van der Waals surface area contributed by atoms with E-state index in [1.54, 1.807) is 0 Å². The van der Waals surface area contributed by atoms with Crippen molar-refractivity contribution in [2.24, 2.45) is 10.8 Å². The molecule has 1 saturated carbocycles. The van der Waals surface area contributed by atoms with Crippen LogP contribution in [0.1, 0.15) is 66.7 Å². The van der Waals surface area contributed by atoms with Crippen LogP contribution in [-0.2, 0) is 0 Å². The Balaban J connectivity index is 2.77. The van der Waals surface area contributed by atoms with E-state index in [1.807, 2.05) is 0 Å². The third kappa shape index (κ3) is 3.21. The van der Waals surface area contributed by atoms with E-state index >= 15 is 0 Å². The summed E-state index contributed by atoms with van der Waals surface area (Å²) in [5, 5.41) is 3.73. The minimum Gasteiger partial charge on any atom is -0.313 e. The summed E-state index contributed by atoms with van der Waals surface area (Å²) >= 11 is 0. The van der Waals surface area contributed by atoms with Crippen LogP contribution in [0.2, 0.25) is 0 Å². The largest absolute Gasteiger partial charge is 0.313 e. The van der Waals surface area contributed by atoms with Crippen LogP contribution in [0, 0.1) is 10.8 Å². The van der Waals surface area contributed by atoms with Crippen molar-refractivity contribution >= 4 is 0 Å². The Morgan fingerprint density at radius 3 is 2.07 bits per heavy atom. The molecular weight excluding hydrogens is 182 g/mol. The van der Waals surface area contributed by atoms with E-state index < -0.39 is 0 Å². The Morgan fingerprint density at radius 1 is 1.13 bits per heavy atom. The van der Waals surface area contributed by atoms with E-state index in [4.69, 9.17) is 0 Å². The van der Waals surface area contributed by atoms with Gasteiger partial charge in [-0.05, 0) is 30.2 Å². The number of rotatable bonds is 3. The van der Waals surface area contributed by atoms with Gasteiger partial charge in [-0.3, -0.25) is 0 Å². The summed E-state index contributed by atoms with van der Waals surface area (Å²) in [6, 6.07) is 0.662. The van der Waals surface area contributed by atoms with Gasteiger partial charge in [0.2, 0.25) is 0 Å². The second kappa shape index (κ2) is 4.86. The zero-order chi connectivity index (χ0) is 11.5. The third-order valence-corrected chi connectivity index (χ3v) is 3.97. The molecule has 1 nitrogen and oxygen atoms in total. The van der Waals surface area contributed by atoms with E-state index in [1.165, 1.54) is 32.1 Å². The van der Waals surface area contributed by atoms with Crippen molar-refractivity contribution in [1.29, 1.82) is 0 Å². The topological polar surface area (TPSA) is 12.0 Å². The van der Waals surface area contributed by atoms with E-state index in [0.717, 1.165) is 6.54 Å². The van der Waals surface area contributed by atoms with Crippen LogP contribution in [0.15, 0.2) is 0 Å². The van der Waals surface area contributed by atoms with Crippen molar-refractivity contribution in [3.05, 3.63) is 0 Å². The summed E-state index contributed by atoms with van der Waals surface area (Å²) in [5.74, 6) is 0. The molecule has 1 rings (SSSR count). The summed E-state index contributed by atoms with van der Waals surface area (Å²) in [7, 11) is 0. The van der Waals surface area contributed by atoms with Gasteiger partial charge in [-0.25, -0.2) is 0 Å². The molecule has 1 unspecified atom stereocenters. The first-order valence-electron chi connectivity index (χ1n) is 6.63. The van der Waals surface area contributed by atoms with Crippen molar-refractivity contribution in [3.8, 4) is 0 Å². The molecule has 1 aliphatic rings. The highest BCUT2D eigenvalue weighted by Crippen LogP contribution is 2.44. The molecule has 0 aromatic carbocycles. The zero-order valence-corrected chi connectivity index (χ0v) is 11.3. The van der Waals surface area contributed by atoms with Crippen LogP contribution < -0.4 is 5.32 Å². The van der Waals surface area contributed by atoms with Gasteiger partial charge in [-0.2, -0.15) is 0 Å². The Kier molecular flexibility index (Phi) is 4.22. The summed E-state index contributed by atoms with van der Waals surface area (Å²) in [6.45, 7) is 12.9. The monoisotopic (exact) mass is 211 g/mol. The normalized spacial score (nSPS) is 23.8. The number of nitrogens with one attached hydrogen (secondary N) is 1. The molecule has 0 radical (unpaired) electrons. The maximum atomic E-state index is 3.73. The highest BCUT2D eigenvalue weighted by atomic mass is 14.9. The lowest BCUT2D eigenvalue weighted by Crippen LogP contribution is -2.52. The van der Waals surface area contributed by atoms with Crippen molar-refractivity contribution in [1.82, 2.24) is 5.32 Å². The molecule has 0 aromatic rings. The van der Waals surface area contributed by atoms with E-state index in [-0.39, 0.29) is 0 Å². The molecule has 0 heterocycles. The highest BCUT2D eigenvalue weighted by Gasteiger charge is 2.41. The Bertz CT molecular complexity index is 184. The minimum atomic E-state index is 0.377. The fraction of sp³-hybridized carbons (Fsp3) is 1.00. The van der Waals surface area contributed by atoms with Crippen LogP contribution >= 0.6 is 0 Å². The van der Waals surface area contributed by atoms with Crippen molar-refractivity contribution in [2.75, 3.05) is 6.54 Å². The fourth-order valence-electron chi connectivity index (χ4n) is 3.45. The zero-order valence-electron chi connectivity index (χ0n) is 11.3.